The van der Waals surface area contributed by atoms with Crippen LogP contribution in [0.5, 0.6) is 5.75 Å². The second kappa shape index (κ2) is 16.4. The molecule has 3 atom stereocenters. The Balaban J connectivity index is 0.00000605. The molecule has 0 aromatic heterocycles. The van der Waals surface area contributed by atoms with Crippen LogP contribution in [0.4, 0.5) is 34.1 Å². The number of hydrogen-bond donors (Lipinski definition) is 3. The Morgan fingerprint density at radius 3 is 2.21 bits per heavy atom. The number of anilines is 2. The van der Waals surface area contributed by atoms with E-state index in [1.165, 1.54) is 25.3 Å². The van der Waals surface area contributed by atoms with E-state index in [1.54, 1.807) is 42.5 Å². The molecule has 0 bridgehead atoms. The first-order chi connectivity index (χ1) is 24.1. The number of rotatable bonds is 13. The normalized spacial score (nSPS) is 18.3. The molecular formula is C36H37F3N5NaO7. The van der Waals surface area contributed by atoms with Gasteiger partial charge in [0, 0.05) is 24.6 Å². The van der Waals surface area contributed by atoms with Crippen molar-refractivity contribution in [2.75, 3.05) is 17.7 Å². The van der Waals surface area contributed by atoms with Crippen LogP contribution in [-0.4, -0.2) is 64.5 Å². The third kappa shape index (κ3) is 8.70. The minimum Gasteiger partial charge on any atom is -0.550 e. The van der Waals surface area contributed by atoms with Crippen molar-refractivity contribution in [3.63, 3.8) is 0 Å². The first kappa shape index (κ1) is 40.2. The topological polar surface area (TPSA) is 160 Å². The number of benzene rings is 3. The summed E-state index contributed by atoms with van der Waals surface area (Å²) in [7, 11) is 1.29. The van der Waals surface area contributed by atoms with Crippen molar-refractivity contribution in [2.45, 2.75) is 69.9 Å². The molecule has 1 unspecified atom stereocenters. The molecule has 1 aliphatic heterocycles. The number of amides is 6. The zero-order chi connectivity index (χ0) is 37.1. The number of carbonyl (C=O) groups is 5. The van der Waals surface area contributed by atoms with Crippen molar-refractivity contribution in [1.82, 2.24) is 15.1 Å². The van der Waals surface area contributed by atoms with Crippen molar-refractivity contribution in [3.05, 3.63) is 89.5 Å². The third-order valence-corrected chi connectivity index (χ3v) is 9.17. The number of alkyl halides is 3. The van der Waals surface area contributed by atoms with Crippen molar-refractivity contribution >= 4 is 41.2 Å². The maximum atomic E-state index is 14.9. The maximum absolute atomic E-state index is 14.9. The van der Waals surface area contributed by atoms with Crippen LogP contribution < -0.4 is 55.4 Å². The van der Waals surface area contributed by atoms with Crippen LogP contribution in [0.25, 0.3) is 0 Å². The second-order valence-corrected chi connectivity index (χ2v) is 12.8. The van der Waals surface area contributed by atoms with E-state index < -0.39 is 66.6 Å². The number of carbonyl (C=O) groups excluding carboxylic acids is 5. The average molecular weight is 732 g/mol. The van der Waals surface area contributed by atoms with Gasteiger partial charge in [-0.05, 0) is 61.1 Å². The zero-order valence-corrected chi connectivity index (χ0v) is 31.1. The minimum absolute atomic E-state index is 0. The molecule has 1 saturated carbocycles. The maximum Gasteiger partial charge on any atom is 1.00 e. The number of imide groups is 1. The van der Waals surface area contributed by atoms with E-state index in [2.05, 4.69) is 16.0 Å². The zero-order valence-electron chi connectivity index (χ0n) is 29.1. The molecule has 2 aliphatic rings. The Kier molecular flexibility index (Phi) is 12.7. The molecule has 5 rings (SSSR count). The van der Waals surface area contributed by atoms with Crippen LogP contribution >= 0.6 is 0 Å². The van der Waals surface area contributed by atoms with Crippen LogP contribution in [0.15, 0.2) is 72.8 Å². The van der Waals surface area contributed by atoms with Crippen molar-refractivity contribution < 1.29 is 76.5 Å². The van der Waals surface area contributed by atoms with E-state index in [0.717, 1.165) is 5.56 Å². The molecule has 3 aromatic carbocycles. The Bertz CT molecular complexity index is 1830. The molecule has 0 radical (unpaired) electrons. The van der Waals surface area contributed by atoms with Gasteiger partial charge in [-0.3, -0.25) is 14.5 Å². The fourth-order valence-electron chi connectivity index (χ4n) is 6.01. The van der Waals surface area contributed by atoms with E-state index in [4.69, 9.17) is 4.74 Å². The van der Waals surface area contributed by atoms with Crippen LogP contribution in [-0.2, 0) is 20.9 Å². The second-order valence-electron chi connectivity index (χ2n) is 12.8. The number of carboxylic acids is 1. The number of nitrogens with one attached hydrogen (secondary N) is 3. The smallest absolute Gasteiger partial charge is 0.550 e. The monoisotopic (exact) mass is 731 g/mol. The predicted octanol–water partition coefficient (Wildman–Crippen LogP) is 1.90. The Morgan fingerprint density at radius 1 is 0.981 bits per heavy atom. The van der Waals surface area contributed by atoms with Gasteiger partial charge in [-0.15, -0.1) is 0 Å². The number of halogens is 3. The molecule has 2 fully saturated rings. The molecule has 1 heterocycles. The summed E-state index contributed by atoms with van der Waals surface area (Å²) in [5, 5.41) is 19.4. The van der Waals surface area contributed by atoms with E-state index in [0.29, 0.717) is 40.8 Å². The summed E-state index contributed by atoms with van der Waals surface area (Å²) in [6, 6.07) is 14.5. The van der Waals surface area contributed by atoms with Gasteiger partial charge in [-0.2, -0.15) is 13.2 Å². The summed E-state index contributed by atoms with van der Waals surface area (Å²) in [4.78, 5) is 66.6. The fourth-order valence-corrected chi connectivity index (χ4v) is 6.01. The van der Waals surface area contributed by atoms with Gasteiger partial charge in [0.15, 0.2) is 0 Å². The molecule has 52 heavy (non-hydrogen) atoms. The Labute approximate surface area is 320 Å². The summed E-state index contributed by atoms with van der Waals surface area (Å²) in [6.45, 7) is 1.69. The molecular weight excluding hydrogens is 694 g/mol. The van der Waals surface area contributed by atoms with Crippen LogP contribution in [0.1, 0.15) is 55.3 Å². The first-order valence-electron chi connectivity index (χ1n) is 16.2. The number of para-hydroxylation sites is 1. The van der Waals surface area contributed by atoms with Gasteiger partial charge in [0.1, 0.15) is 11.8 Å². The standard InChI is InChI=1S/C36H38F3N5O7.Na/c1-21-9-7-8-12-25(21)41-33(49)42-26-16-15-23(18-29(26)51-3)20-43-34(50)44(32(48)35(43,2)36(37,38)39)28(17-22-13-14-22)31(47)40-27(19-30(45)46)24-10-5-4-6-11-24;/h4-12,15-16,18,22,27-28H,13-14,17,19-20H2,1-3H3,(H,40,47)(H,45,46)(H2,41,42,49);/q;+1/p-1/t27-,28-,35?;/m0./s1. The van der Waals surface area contributed by atoms with Gasteiger partial charge in [-0.1, -0.05) is 67.4 Å². The van der Waals surface area contributed by atoms with Crippen LogP contribution in [0, 0.1) is 12.8 Å². The van der Waals surface area contributed by atoms with Gasteiger partial charge >= 0.3 is 47.8 Å². The predicted molar refractivity (Wildman–Crippen MR) is 177 cm³/mol. The third-order valence-electron chi connectivity index (χ3n) is 9.17. The number of aliphatic carboxylic acids is 1. The molecule has 16 heteroatoms. The fraction of sp³-hybridized carbons (Fsp3) is 0.361. The van der Waals surface area contributed by atoms with Crippen molar-refractivity contribution in [3.8, 4) is 5.75 Å². The van der Waals surface area contributed by atoms with Gasteiger partial charge in [0.05, 0.1) is 18.8 Å². The van der Waals surface area contributed by atoms with Gasteiger partial charge in [-0.25, -0.2) is 14.5 Å². The average Bonchev–Trinajstić information content (AvgIpc) is 3.88. The van der Waals surface area contributed by atoms with Crippen molar-refractivity contribution in [2.24, 2.45) is 5.92 Å². The molecule has 3 N–H and O–H groups in total. The number of nitrogens with zero attached hydrogens (tertiary/aromatic N) is 2. The van der Waals surface area contributed by atoms with E-state index in [-0.39, 0.29) is 58.9 Å². The van der Waals surface area contributed by atoms with E-state index in [9.17, 15) is 42.3 Å². The van der Waals surface area contributed by atoms with Gasteiger partial charge in [0.2, 0.25) is 11.4 Å². The Hall–Kier alpha value is -4.60. The number of aryl methyl sites for hydroxylation is 1. The number of ether oxygens (including phenoxy) is 1. The summed E-state index contributed by atoms with van der Waals surface area (Å²) in [5.74, 6) is -4.14. The van der Waals surface area contributed by atoms with E-state index in [1.807, 2.05) is 19.1 Å². The number of hydrogen-bond acceptors (Lipinski definition) is 7. The largest absolute Gasteiger partial charge is 1.00 e. The summed E-state index contributed by atoms with van der Waals surface area (Å²) in [5.41, 5.74) is -1.28. The number of carboxylic acid groups (broad SMARTS) is 1. The summed E-state index contributed by atoms with van der Waals surface area (Å²) < 4.78 is 50.0. The van der Waals surface area contributed by atoms with Crippen LogP contribution in [0.3, 0.4) is 0 Å². The van der Waals surface area contributed by atoms with Gasteiger partial charge < -0.3 is 30.6 Å². The summed E-state index contributed by atoms with van der Waals surface area (Å²) >= 11 is 0. The number of urea groups is 2. The SMILES string of the molecule is COc1cc(CN2C(=O)N([C@@H](CC3CC3)C(=O)N[C@@H](CC(=O)[O-])c3ccccc3)C(=O)C2(C)C(F)(F)F)ccc1NC(=O)Nc1ccccc1C.[Na+]. The van der Waals surface area contributed by atoms with Crippen LogP contribution in [0.2, 0.25) is 0 Å². The molecule has 1 saturated heterocycles. The molecule has 0 spiro atoms. The molecule has 12 nitrogen and oxygen atoms in total. The molecule has 1 aliphatic carbocycles. The molecule has 6 amide bonds. The molecule has 3 aromatic rings. The first-order valence-corrected chi connectivity index (χ1v) is 16.2. The van der Waals surface area contributed by atoms with Crippen molar-refractivity contribution in [1.29, 1.82) is 0 Å². The minimum atomic E-state index is -5.25. The quantitative estimate of drug-likeness (QED) is 0.179. The van der Waals surface area contributed by atoms with Gasteiger partial charge in [0.25, 0.3) is 5.91 Å². The Morgan fingerprint density at radius 2 is 1.62 bits per heavy atom. The van der Waals surface area contributed by atoms with E-state index >= 15 is 0 Å². The summed E-state index contributed by atoms with van der Waals surface area (Å²) in [6.07, 6.45) is -4.72. The number of methoxy groups -OCH3 is 1. The molecule has 270 valence electrons.